The van der Waals surface area contributed by atoms with Crippen LogP contribution < -0.4 is 10.5 Å². The zero-order valence-electron chi connectivity index (χ0n) is 7.09. The number of hydrogen-bond donors (Lipinski definition) is 2. The third kappa shape index (κ3) is 2.36. The van der Waals surface area contributed by atoms with Crippen LogP contribution in [0.15, 0.2) is 18.2 Å². The predicted molar refractivity (Wildman–Crippen MR) is 55.0 cm³/mol. The van der Waals surface area contributed by atoms with E-state index in [2.05, 4.69) is 0 Å². The van der Waals surface area contributed by atoms with Gasteiger partial charge in [0.1, 0.15) is 12.4 Å². The third-order valence-corrected chi connectivity index (χ3v) is 1.74. The molecule has 1 aromatic carbocycles. The van der Waals surface area contributed by atoms with Gasteiger partial charge in [0.05, 0.1) is 11.6 Å². The van der Waals surface area contributed by atoms with Crippen molar-refractivity contribution in [2.45, 2.75) is 0 Å². The summed E-state index contributed by atoms with van der Waals surface area (Å²) in [5.41, 5.74) is 6.86. The molecular weight excluding hydrogens is 188 g/mol. The van der Waals surface area contributed by atoms with E-state index in [-0.39, 0.29) is 0 Å². The highest BCUT2D eigenvalue weighted by Gasteiger charge is 2.02. The molecule has 0 radical (unpaired) electrons. The van der Waals surface area contributed by atoms with E-state index < -0.39 is 0 Å². The van der Waals surface area contributed by atoms with Gasteiger partial charge in [0.15, 0.2) is 0 Å². The van der Waals surface area contributed by atoms with Gasteiger partial charge in [0.25, 0.3) is 0 Å². The fourth-order valence-electron chi connectivity index (χ4n) is 0.961. The van der Waals surface area contributed by atoms with E-state index in [9.17, 15) is 0 Å². The Morgan fingerprint density at radius 1 is 1.54 bits per heavy atom. The Balaban J connectivity index is 2.87. The van der Waals surface area contributed by atoms with Crippen LogP contribution in [0.4, 0.5) is 5.69 Å². The lowest BCUT2D eigenvalue weighted by molar-refractivity contribution is 0.344. The van der Waals surface area contributed by atoms with E-state index in [0.29, 0.717) is 29.5 Å². The van der Waals surface area contributed by atoms with E-state index in [0.717, 1.165) is 0 Å². The van der Waals surface area contributed by atoms with E-state index in [1.165, 1.54) is 6.21 Å². The monoisotopic (exact) mass is 198 g/mol. The number of nitrogens with one attached hydrogen (secondary N) is 1. The Morgan fingerprint density at radius 2 is 2.31 bits per heavy atom. The van der Waals surface area contributed by atoms with Gasteiger partial charge in [-0.15, -0.1) is 11.6 Å². The molecule has 3 N–H and O–H groups in total. The lowest BCUT2D eigenvalue weighted by Gasteiger charge is -2.08. The Labute approximate surface area is 82.0 Å². The number of hydrogen-bond acceptors (Lipinski definition) is 3. The average molecular weight is 199 g/mol. The number of ether oxygens (including phenoxy) is 1. The normalized spacial score (nSPS) is 9.62. The molecule has 1 rings (SSSR count). The third-order valence-electron chi connectivity index (χ3n) is 1.59. The number of para-hydroxylation sites is 1. The van der Waals surface area contributed by atoms with Gasteiger partial charge in [-0.25, -0.2) is 0 Å². The Bertz CT molecular complexity index is 302. The topological polar surface area (TPSA) is 59.1 Å². The molecule has 13 heavy (non-hydrogen) atoms. The summed E-state index contributed by atoms with van der Waals surface area (Å²) in [5, 5.41) is 7.07. The number of anilines is 1. The molecule has 0 heterocycles. The molecule has 0 saturated carbocycles. The van der Waals surface area contributed by atoms with Crippen LogP contribution in [0.2, 0.25) is 0 Å². The zero-order valence-corrected chi connectivity index (χ0v) is 7.84. The fourth-order valence-corrected chi connectivity index (χ4v) is 1.04. The second-order valence-electron chi connectivity index (χ2n) is 2.44. The molecule has 1 aromatic rings. The highest BCUT2D eigenvalue weighted by atomic mass is 35.5. The number of halogens is 1. The number of nitrogens with two attached hydrogens (primary N) is 1. The number of nitrogen functional groups attached to an aromatic ring is 1. The zero-order chi connectivity index (χ0) is 9.68. The maximum atomic E-state index is 7.07. The van der Waals surface area contributed by atoms with Gasteiger partial charge < -0.3 is 15.9 Å². The molecule has 0 atom stereocenters. The number of benzene rings is 1. The summed E-state index contributed by atoms with van der Waals surface area (Å²) in [4.78, 5) is 0. The van der Waals surface area contributed by atoms with Crippen molar-refractivity contribution in [3.63, 3.8) is 0 Å². The van der Waals surface area contributed by atoms with Gasteiger partial charge in [-0.2, -0.15) is 0 Å². The van der Waals surface area contributed by atoms with Crippen molar-refractivity contribution in [1.82, 2.24) is 0 Å². The van der Waals surface area contributed by atoms with Crippen LogP contribution in [0, 0.1) is 5.41 Å². The largest absolute Gasteiger partial charge is 0.490 e. The average Bonchev–Trinajstić information content (AvgIpc) is 2.16. The lowest BCUT2D eigenvalue weighted by Crippen LogP contribution is -2.02. The molecule has 70 valence electrons. The van der Waals surface area contributed by atoms with E-state index >= 15 is 0 Å². The molecule has 0 amide bonds. The van der Waals surface area contributed by atoms with Crippen LogP contribution in [0.1, 0.15) is 5.56 Å². The summed E-state index contributed by atoms with van der Waals surface area (Å²) < 4.78 is 5.27. The van der Waals surface area contributed by atoms with Crippen molar-refractivity contribution in [3.8, 4) is 5.75 Å². The van der Waals surface area contributed by atoms with Crippen molar-refractivity contribution >= 4 is 23.5 Å². The smallest absolute Gasteiger partial charge is 0.142 e. The minimum Gasteiger partial charge on any atom is -0.490 e. The van der Waals surface area contributed by atoms with Gasteiger partial charge in [-0.1, -0.05) is 12.1 Å². The van der Waals surface area contributed by atoms with Crippen molar-refractivity contribution in [2.24, 2.45) is 0 Å². The summed E-state index contributed by atoms with van der Waals surface area (Å²) >= 11 is 5.47. The standard InChI is InChI=1S/C9H11ClN2O/c10-4-5-13-8-3-1-2-7(6-11)9(8)12/h1-3,6,11H,4-5,12H2. The first-order valence-corrected chi connectivity index (χ1v) is 4.40. The van der Waals surface area contributed by atoms with Crippen molar-refractivity contribution in [1.29, 1.82) is 5.41 Å². The Morgan fingerprint density at radius 3 is 2.92 bits per heavy atom. The van der Waals surface area contributed by atoms with Crippen molar-refractivity contribution in [2.75, 3.05) is 18.2 Å². The van der Waals surface area contributed by atoms with Crippen LogP contribution in [0.3, 0.4) is 0 Å². The summed E-state index contributed by atoms with van der Waals surface area (Å²) in [5.74, 6) is 1.01. The second-order valence-corrected chi connectivity index (χ2v) is 2.82. The molecule has 0 unspecified atom stereocenters. The molecule has 0 fully saturated rings. The van der Waals surface area contributed by atoms with E-state index in [1.807, 2.05) is 0 Å². The quantitative estimate of drug-likeness (QED) is 0.441. The van der Waals surface area contributed by atoms with Crippen LogP contribution >= 0.6 is 11.6 Å². The maximum absolute atomic E-state index is 7.07. The predicted octanol–water partition coefficient (Wildman–Crippen LogP) is 1.88. The Kier molecular flexibility index (Phi) is 3.58. The Hall–Kier alpha value is -1.22. The molecule has 4 heteroatoms. The van der Waals surface area contributed by atoms with Crippen LogP contribution in [0.5, 0.6) is 5.75 Å². The summed E-state index contributed by atoms with van der Waals surface area (Å²) in [7, 11) is 0. The van der Waals surface area contributed by atoms with Crippen LogP contribution in [-0.2, 0) is 0 Å². The minimum absolute atomic E-state index is 0.424. The molecule has 0 aromatic heterocycles. The van der Waals surface area contributed by atoms with Crippen LogP contribution in [-0.4, -0.2) is 18.7 Å². The van der Waals surface area contributed by atoms with Crippen LogP contribution in [0.25, 0.3) is 0 Å². The minimum atomic E-state index is 0.424. The molecule has 3 nitrogen and oxygen atoms in total. The van der Waals surface area contributed by atoms with Gasteiger partial charge in [0.2, 0.25) is 0 Å². The fraction of sp³-hybridized carbons (Fsp3) is 0.222. The molecule has 0 bridgehead atoms. The highest BCUT2D eigenvalue weighted by molar-refractivity contribution is 6.18. The summed E-state index contributed by atoms with van der Waals surface area (Å²) in [6.45, 7) is 0.424. The van der Waals surface area contributed by atoms with Gasteiger partial charge in [-0.3, -0.25) is 0 Å². The first kappa shape index (κ1) is 9.86. The SMILES string of the molecule is N=Cc1cccc(OCCCl)c1N. The molecular formula is C9H11ClN2O. The maximum Gasteiger partial charge on any atom is 0.142 e. The molecule has 0 saturated heterocycles. The number of alkyl halides is 1. The number of rotatable bonds is 4. The van der Waals surface area contributed by atoms with Gasteiger partial charge in [0, 0.05) is 11.8 Å². The van der Waals surface area contributed by atoms with E-state index in [4.69, 9.17) is 27.5 Å². The van der Waals surface area contributed by atoms with Crippen molar-refractivity contribution in [3.05, 3.63) is 23.8 Å². The van der Waals surface area contributed by atoms with E-state index in [1.54, 1.807) is 18.2 Å². The van der Waals surface area contributed by atoms with Crippen molar-refractivity contribution < 1.29 is 4.74 Å². The summed E-state index contributed by atoms with van der Waals surface area (Å²) in [6.07, 6.45) is 1.20. The highest BCUT2D eigenvalue weighted by Crippen LogP contribution is 2.23. The lowest BCUT2D eigenvalue weighted by atomic mass is 10.2. The summed E-state index contributed by atoms with van der Waals surface area (Å²) in [6, 6.07) is 5.31. The molecule has 0 aliphatic heterocycles. The van der Waals surface area contributed by atoms with Gasteiger partial charge in [-0.05, 0) is 6.07 Å². The first-order valence-electron chi connectivity index (χ1n) is 3.87. The molecule has 0 aliphatic carbocycles. The van der Waals surface area contributed by atoms with Gasteiger partial charge >= 0.3 is 0 Å². The molecule has 0 spiro atoms. The molecule has 0 aliphatic rings. The first-order chi connectivity index (χ1) is 6.29. The second kappa shape index (κ2) is 4.72.